The van der Waals surface area contributed by atoms with Gasteiger partial charge in [0.1, 0.15) is 5.75 Å². The highest BCUT2D eigenvalue weighted by atomic mass is 32.2. The van der Waals surface area contributed by atoms with Gasteiger partial charge in [-0.25, -0.2) is 8.42 Å². The van der Waals surface area contributed by atoms with Crippen molar-refractivity contribution in [2.45, 2.75) is 24.8 Å². The molecule has 0 bridgehead atoms. The Balaban J connectivity index is 3.22. The lowest BCUT2D eigenvalue weighted by atomic mass is 10.3. The number of rotatable bonds is 5. The van der Waals surface area contributed by atoms with Gasteiger partial charge in [-0.3, -0.25) is 0 Å². The fourth-order valence-electron chi connectivity index (χ4n) is 1.58. The molecule has 7 heteroatoms. The standard InChI is InChI=1S/C11H18N2O4S/c1-8(2)13(5-6-14)18(16,17)9-3-4-11(15)10(12)7-9/h3-4,7-8,14-15H,5-6,12H2,1-2H3. The zero-order chi connectivity index (χ0) is 13.9. The summed E-state index contributed by atoms with van der Waals surface area (Å²) in [6.07, 6.45) is 0. The van der Waals surface area contributed by atoms with Crippen LogP contribution in [-0.4, -0.2) is 42.1 Å². The number of hydrogen-bond donors (Lipinski definition) is 3. The molecule has 0 amide bonds. The Kier molecular flexibility index (Phi) is 4.55. The number of aromatic hydroxyl groups is 1. The molecule has 0 unspecified atom stereocenters. The van der Waals surface area contributed by atoms with E-state index in [2.05, 4.69) is 0 Å². The summed E-state index contributed by atoms with van der Waals surface area (Å²) in [5.74, 6) is -0.160. The summed E-state index contributed by atoms with van der Waals surface area (Å²) in [6.45, 7) is 3.19. The second-order valence-electron chi connectivity index (χ2n) is 4.15. The van der Waals surface area contributed by atoms with E-state index in [4.69, 9.17) is 10.8 Å². The number of sulfonamides is 1. The van der Waals surface area contributed by atoms with Gasteiger partial charge in [0.05, 0.1) is 17.2 Å². The van der Waals surface area contributed by atoms with Gasteiger partial charge in [0, 0.05) is 12.6 Å². The van der Waals surface area contributed by atoms with Crippen molar-refractivity contribution in [3.8, 4) is 5.75 Å². The van der Waals surface area contributed by atoms with Crippen molar-refractivity contribution in [3.63, 3.8) is 0 Å². The lowest BCUT2D eigenvalue weighted by Crippen LogP contribution is -2.38. The molecule has 0 heterocycles. The van der Waals surface area contributed by atoms with E-state index in [0.29, 0.717) is 0 Å². The van der Waals surface area contributed by atoms with E-state index in [1.165, 1.54) is 22.5 Å². The van der Waals surface area contributed by atoms with E-state index in [1.807, 2.05) is 0 Å². The first-order valence-corrected chi connectivity index (χ1v) is 6.96. The van der Waals surface area contributed by atoms with Gasteiger partial charge in [-0.1, -0.05) is 0 Å². The fraction of sp³-hybridized carbons (Fsp3) is 0.455. The first-order chi connectivity index (χ1) is 8.30. The summed E-state index contributed by atoms with van der Waals surface area (Å²) in [5, 5.41) is 18.2. The van der Waals surface area contributed by atoms with Crippen LogP contribution in [0.5, 0.6) is 5.75 Å². The van der Waals surface area contributed by atoms with Crippen molar-refractivity contribution in [3.05, 3.63) is 18.2 Å². The molecule has 0 aromatic heterocycles. The summed E-state index contributed by atoms with van der Waals surface area (Å²) >= 11 is 0. The van der Waals surface area contributed by atoms with Gasteiger partial charge in [-0.05, 0) is 32.0 Å². The van der Waals surface area contributed by atoms with Crippen molar-refractivity contribution in [2.75, 3.05) is 18.9 Å². The lowest BCUT2D eigenvalue weighted by molar-refractivity contribution is 0.236. The second kappa shape index (κ2) is 5.55. The topological polar surface area (TPSA) is 104 Å². The molecule has 6 nitrogen and oxygen atoms in total. The van der Waals surface area contributed by atoms with Crippen LogP contribution in [-0.2, 0) is 10.0 Å². The van der Waals surface area contributed by atoms with Gasteiger partial charge >= 0.3 is 0 Å². The third-order valence-corrected chi connectivity index (χ3v) is 4.57. The molecule has 0 saturated heterocycles. The van der Waals surface area contributed by atoms with Crippen molar-refractivity contribution < 1.29 is 18.6 Å². The summed E-state index contributed by atoms with van der Waals surface area (Å²) in [6, 6.07) is 3.45. The highest BCUT2D eigenvalue weighted by Gasteiger charge is 2.26. The molecule has 0 aliphatic carbocycles. The Labute approximate surface area is 107 Å². The van der Waals surface area contributed by atoms with Gasteiger partial charge < -0.3 is 15.9 Å². The summed E-state index contributed by atoms with van der Waals surface area (Å²) < 4.78 is 25.8. The van der Waals surface area contributed by atoms with Crippen LogP contribution in [0.1, 0.15) is 13.8 Å². The van der Waals surface area contributed by atoms with Crippen LogP contribution in [0.15, 0.2) is 23.1 Å². The van der Waals surface area contributed by atoms with Crippen LogP contribution in [0, 0.1) is 0 Å². The Morgan fingerprint density at radius 1 is 1.39 bits per heavy atom. The minimum absolute atomic E-state index is 0.0000463. The zero-order valence-electron chi connectivity index (χ0n) is 10.4. The van der Waals surface area contributed by atoms with E-state index >= 15 is 0 Å². The van der Waals surface area contributed by atoms with Crippen LogP contribution in [0.3, 0.4) is 0 Å². The Bertz CT molecular complexity index is 514. The predicted octanol–water partition coefficient (Wildman–Crippen LogP) is 0.366. The number of aliphatic hydroxyl groups excluding tert-OH is 1. The van der Waals surface area contributed by atoms with E-state index in [0.717, 1.165) is 0 Å². The molecular weight excluding hydrogens is 256 g/mol. The monoisotopic (exact) mass is 274 g/mol. The number of nitrogens with two attached hydrogens (primary N) is 1. The molecule has 0 radical (unpaired) electrons. The van der Waals surface area contributed by atoms with Crippen LogP contribution in [0.25, 0.3) is 0 Å². The summed E-state index contributed by atoms with van der Waals surface area (Å²) in [5.41, 5.74) is 5.49. The van der Waals surface area contributed by atoms with Crippen molar-refractivity contribution in [1.82, 2.24) is 4.31 Å². The quantitative estimate of drug-likeness (QED) is 0.531. The van der Waals surface area contributed by atoms with Gasteiger partial charge in [0.2, 0.25) is 10.0 Å². The summed E-state index contributed by atoms with van der Waals surface area (Å²) in [7, 11) is -3.72. The van der Waals surface area contributed by atoms with Crippen LogP contribution >= 0.6 is 0 Å². The van der Waals surface area contributed by atoms with E-state index in [1.54, 1.807) is 13.8 Å². The van der Waals surface area contributed by atoms with Gasteiger partial charge in [0.15, 0.2) is 0 Å². The van der Waals surface area contributed by atoms with Gasteiger partial charge in [-0.15, -0.1) is 0 Å². The number of phenolic OH excluding ortho intramolecular Hbond substituents is 1. The Hall–Kier alpha value is -1.31. The van der Waals surface area contributed by atoms with Crippen molar-refractivity contribution >= 4 is 15.7 Å². The highest BCUT2D eigenvalue weighted by Crippen LogP contribution is 2.25. The number of anilines is 1. The number of benzene rings is 1. The first-order valence-electron chi connectivity index (χ1n) is 5.52. The molecule has 0 saturated carbocycles. The van der Waals surface area contributed by atoms with Crippen LogP contribution in [0.4, 0.5) is 5.69 Å². The van der Waals surface area contributed by atoms with E-state index in [-0.39, 0.29) is 35.5 Å². The Morgan fingerprint density at radius 3 is 2.44 bits per heavy atom. The third kappa shape index (κ3) is 2.92. The van der Waals surface area contributed by atoms with Crippen LogP contribution < -0.4 is 5.73 Å². The average Bonchev–Trinajstić information content (AvgIpc) is 2.28. The van der Waals surface area contributed by atoms with Crippen LogP contribution in [0.2, 0.25) is 0 Å². The summed E-state index contributed by atoms with van der Waals surface area (Å²) in [4.78, 5) is -0.0000463. The van der Waals surface area contributed by atoms with E-state index in [9.17, 15) is 13.5 Å². The molecule has 1 rings (SSSR count). The van der Waals surface area contributed by atoms with Crippen molar-refractivity contribution in [2.24, 2.45) is 0 Å². The zero-order valence-corrected chi connectivity index (χ0v) is 11.2. The maximum absolute atomic E-state index is 12.3. The number of nitrogens with zero attached hydrogens (tertiary/aromatic N) is 1. The SMILES string of the molecule is CC(C)N(CCO)S(=O)(=O)c1ccc(O)c(N)c1. The highest BCUT2D eigenvalue weighted by molar-refractivity contribution is 7.89. The predicted molar refractivity (Wildman–Crippen MR) is 68.6 cm³/mol. The fourth-order valence-corrected chi connectivity index (χ4v) is 3.25. The number of nitrogen functional groups attached to an aromatic ring is 1. The molecule has 1 aromatic rings. The first kappa shape index (κ1) is 14.7. The maximum atomic E-state index is 12.3. The number of hydrogen-bond acceptors (Lipinski definition) is 5. The molecule has 0 atom stereocenters. The number of aliphatic hydroxyl groups is 1. The smallest absolute Gasteiger partial charge is 0.243 e. The molecule has 0 fully saturated rings. The molecule has 0 aliphatic heterocycles. The minimum Gasteiger partial charge on any atom is -0.506 e. The Morgan fingerprint density at radius 2 is 2.00 bits per heavy atom. The number of phenols is 1. The molecule has 18 heavy (non-hydrogen) atoms. The minimum atomic E-state index is -3.72. The molecule has 4 N–H and O–H groups in total. The molecule has 102 valence electrons. The normalized spacial score (nSPS) is 12.3. The second-order valence-corrected chi connectivity index (χ2v) is 6.04. The molecular formula is C11H18N2O4S. The molecule has 0 aliphatic rings. The lowest BCUT2D eigenvalue weighted by Gasteiger charge is -2.25. The average molecular weight is 274 g/mol. The molecule has 0 spiro atoms. The van der Waals surface area contributed by atoms with Crippen molar-refractivity contribution in [1.29, 1.82) is 0 Å². The van der Waals surface area contributed by atoms with E-state index < -0.39 is 10.0 Å². The molecule has 1 aromatic carbocycles. The third-order valence-electron chi connectivity index (χ3n) is 2.50. The largest absolute Gasteiger partial charge is 0.506 e. The maximum Gasteiger partial charge on any atom is 0.243 e. The van der Waals surface area contributed by atoms with Gasteiger partial charge in [-0.2, -0.15) is 4.31 Å². The van der Waals surface area contributed by atoms with Gasteiger partial charge in [0.25, 0.3) is 0 Å².